The van der Waals surface area contributed by atoms with E-state index in [0.717, 1.165) is 17.3 Å². The highest BCUT2D eigenvalue weighted by atomic mass is 32.1. The fourth-order valence-corrected chi connectivity index (χ4v) is 3.01. The highest BCUT2D eigenvalue weighted by molar-refractivity contribution is 6.99. The molecule has 132 valence electrons. The van der Waals surface area contributed by atoms with E-state index in [0.29, 0.717) is 11.4 Å². The van der Waals surface area contributed by atoms with Crippen LogP contribution in [0.2, 0.25) is 0 Å². The molecule has 2 aromatic heterocycles. The fraction of sp³-hybridized carbons (Fsp3) is 0.118. The van der Waals surface area contributed by atoms with Gasteiger partial charge in [-0.15, -0.1) is 0 Å². The topological polar surface area (TPSA) is 131 Å². The van der Waals surface area contributed by atoms with Gasteiger partial charge in [-0.25, -0.2) is 0 Å². The number of H-pyrrole nitrogens is 1. The quantitative estimate of drug-likeness (QED) is 0.533. The van der Waals surface area contributed by atoms with Gasteiger partial charge in [-0.05, 0) is 12.1 Å². The number of hydrogen-bond donors (Lipinski definition) is 3. The number of carbonyl (C=O) groups is 3. The van der Waals surface area contributed by atoms with Crippen LogP contribution in [0.1, 0.15) is 16.2 Å². The zero-order chi connectivity index (χ0) is 18.5. The lowest BCUT2D eigenvalue weighted by molar-refractivity contribution is -0.137. The molecule has 0 aliphatic rings. The second-order valence-electron chi connectivity index (χ2n) is 5.48. The molecule has 1 atom stereocenters. The van der Waals surface area contributed by atoms with Crippen molar-refractivity contribution in [3.63, 3.8) is 0 Å². The van der Waals surface area contributed by atoms with Crippen molar-refractivity contribution < 1.29 is 14.4 Å². The van der Waals surface area contributed by atoms with E-state index in [2.05, 4.69) is 19.0 Å². The maximum absolute atomic E-state index is 12.6. The number of amides is 2. The van der Waals surface area contributed by atoms with Crippen molar-refractivity contribution in [1.82, 2.24) is 19.0 Å². The van der Waals surface area contributed by atoms with Crippen molar-refractivity contribution in [2.45, 2.75) is 12.5 Å². The Balaban J connectivity index is 1.83. The first-order chi connectivity index (χ1) is 12.6. The summed E-state index contributed by atoms with van der Waals surface area (Å²) in [5.41, 5.74) is 7.03. The van der Waals surface area contributed by atoms with Crippen LogP contribution in [-0.4, -0.2) is 37.4 Å². The largest absolute Gasteiger partial charge is 0.365 e. The van der Waals surface area contributed by atoms with Gasteiger partial charge in [0.25, 0.3) is 11.8 Å². The molecule has 0 aliphatic heterocycles. The van der Waals surface area contributed by atoms with Gasteiger partial charge in [-0.3, -0.25) is 14.4 Å². The molecular formula is C17H15N5O3S. The van der Waals surface area contributed by atoms with Gasteiger partial charge in [0.1, 0.15) is 11.7 Å². The second-order valence-corrected chi connectivity index (χ2v) is 6.01. The number of carbonyl (C=O) groups excluding carboxylic acids is 3. The number of benzene rings is 1. The molecule has 2 amide bonds. The Labute approximate surface area is 152 Å². The molecule has 9 heteroatoms. The normalized spacial score (nSPS) is 11.7. The lowest BCUT2D eigenvalue weighted by Crippen LogP contribution is -2.47. The molecule has 0 bridgehead atoms. The van der Waals surface area contributed by atoms with E-state index < -0.39 is 23.6 Å². The van der Waals surface area contributed by atoms with Gasteiger partial charge in [0, 0.05) is 23.9 Å². The summed E-state index contributed by atoms with van der Waals surface area (Å²) in [5, 5.41) is 2.54. The molecule has 1 aromatic carbocycles. The summed E-state index contributed by atoms with van der Waals surface area (Å²) < 4.78 is 8.19. The number of Topliss-reactive ketones (excluding diaryl/α,β-unsaturated/α-hetero) is 1. The smallest absolute Gasteiger partial charge is 0.287 e. The first-order valence-corrected chi connectivity index (χ1v) is 8.44. The molecule has 26 heavy (non-hydrogen) atoms. The molecule has 3 aromatic rings. The van der Waals surface area contributed by atoms with E-state index in [4.69, 9.17) is 5.73 Å². The Bertz CT molecular complexity index is 921. The number of aromatic nitrogens is 3. The third-order valence-electron chi connectivity index (χ3n) is 3.70. The lowest BCUT2D eigenvalue weighted by atomic mass is 10.1. The number of nitrogens with two attached hydrogens (primary N) is 1. The number of hydrogen-bond acceptors (Lipinski definition) is 6. The molecule has 3 rings (SSSR count). The molecule has 0 aliphatic carbocycles. The van der Waals surface area contributed by atoms with Crippen molar-refractivity contribution >= 4 is 29.3 Å². The number of primary amides is 1. The molecule has 2 heterocycles. The van der Waals surface area contributed by atoms with Gasteiger partial charge in [0.15, 0.2) is 5.69 Å². The van der Waals surface area contributed by atoms with Crippen LogP contribution >= 0.6 is 11.7 Å². The molecule has 1 unspecified atom stereocenters. The molecule has 0 fully saturated rings. The molecular weight excluding hydrogens is 354 g/mol. The maximum atomic E-state index is 12.6. The Hall–Kier alpha value is -3.33. The van der Waals surface area contributed by atoms with Crippen LogP contribution < -0.4 is 11.1 Å². The molecule has 0 spiro atoms. The molecule has 0 saturated heterocycles. The average Bonchev–Trinajstić information content (AvgIpc) is 3.32. The van der Waals surface area contributed by atoms with Gasteiger partial charge < -0.3 is 16.0 Å². The van der Waals surface area contributed by atoms with Crippen LogP contribution in [0.4, 0.5) is 0 Å². The fourth-order valence-electron chi connectivity index (χ4n) is 2.44. The Morgan fingerprint density at radius 2 is 1.88 bits per heavy atom. The highest BCUT2D eigenvalue weighted by Crippen LogP contribution is 2.21. The van der Waals surface area contributed by atoms with Gasteiger partial charge in [0.05, 0.1) is 11.7 Å². The summed E-state index contributed by atoms with van der Waals surface area (Å²) in [6, 6.07) is 11.5. The standard InChI is InChI=1S/C17H15N5O3S/c18-16(24)15(23)12(9-11-7-4-8-19-11)20-17(25)14-13(21-26-22-14)10-5-2-1-3-6-10/h1-8,12,19H,9H2,(H2,18,24)(H,20,25). The number of aromatic amines is 1. The van der Waals surface area contributed by atoms with Crippen LogP contribution in [0.5, 0.6) is 0 Å². The maximum Gasteiger partial charge on any atom is 0.287 e. The van der Waals surface area contributed by atoms with Crippen molar-refractivity contribution in [1.29, 1.82) is 0 Å². The van der Waals surface area contributed by atoms with Crippen molar-refractivity contribution in [2.75, 3.05) is 0 Å². The minimum atomic E-state index is -1.11. The van der Waals surface area contributed by atoms with Crippen molar-refractivity contribution in [3.05, 3.63) is 60.0 Å². The van der Waals surface area contributed by atoms with Crippen LogP contribution in [-0.2, 0) is 16.0 Å². The van der Waals surface area contributed by atoms with Crippen LogP contribution in [0.3, 0.4) is 0 Å². The minimum absolute atomic E-state index is 0.0926. The summed E-state index contributed by atoms with van der Waals surface area (Å²) >= 11 is 0.893. The molecule has 0 saturated carbocycles. The SMILES string of the molecule is NC(=O)C(=O)C(Cc1ccc[nH]1)NC(=O)c1nsnc1-c1ccccc1. The third kappa shape index (κ3) is 3.83. The minimum Gasteiger partial charge on any atom is -0.365 e. The first kappa shape index (κ1) is 17.5. The number of ketones is 1. The van der Waals surface area contributed by atoms with Crippen molar-refractivity contribution in [2.24, 2.45) is 5.73 Å². The zero-order valence-corrected chi connectivity index (χ0v) is 14.3. The second kappa shape index (κ2) is 7.70. The van der Waals surface area contributed by atoms with Crippen LogP contribution in [0.25, 0.3) is 11.3 Å². The zero-order valence-electron chi connectivity index (χ0n) is 13.5. The van der Waals surface area contributed by atoms with Crippen LogP contribution in [0.15, 0.2) is 48.7 Å². The summed E-state index contributed by atoms with van der Waals surface area (Å²) in [7, 11) is 0. The molecule has 4 N–H and O–H groups in total. The summed E-state index contributed by atoms with van der Waals surface area (Å²) in [4.78, 5) is 39.0. The van der Waals surface area contributed by atoms with E-state index >= 15 is 0 Å². The van der Waals surface area contributed by atoms with Gasteiger partial charge in [-0.2, -0.15) is 8.75 Å². The van der Waals surface area contributed by atoms with Crippen LogP contribution in [0, 0.1) is 0 Å². The monoisotopic (exact) mass is 369 g/mol. The number of nitrogens with zero attached hydrogens (tertiary/aromatic N) is 2. The Morgan fingerprint density at radius 1 is 1.12 bits per heavy atom. The van der Waals surface area contributed by atoms with Gasteiger partial charge in [-0.1, -0.05) is 30.3 Å². The molecule has 8 nitrogen and oxygen atoms in total. The third-order valence-corrected chi connectivity index (χ3v) is 4.23. The lowest BCUT2D eigenvalue weighted by Gasteiger charge is -2.15. The average molecular weight is 369 g/mol. The highest BCUT2D eigenvalue weighted by Gasteiger charge is 2.28. The molecule has 0 radical (unpaired) electrons. The number of nitrogens with one attached hydrogen (secondary N) is 2. The summed E-state index contributed by atoms with van der Waals surface area (Å²) in [5.74, 6) is -2.58. The van der Waals surface area contributed by atoms with E-state index in [-0.39, 0.29) is 12.1 Å². The van der Waals surface area contributed by atoms with Gasteiger partial charge >= 0.3 is 0 Å². The number of rotatable bonds is 7. The summed E-state index contributed by atoms with van der Waals surface area (Å²) in [6.45, 7) is 0. The van der Waals surface area contributed by atoms with Gasteiger partial charge in [0.2, 0.25) is 5.78 Å². The van der Waals surface area contributed by atoms with Crippen molar-refractivity contribution in [3.8, 4) is 11.3 Å². The Kier molecular flexibility index (Phi) is 5.18. The first-order valence-electron chi connectivity index (χ1n) is 7.71. The van der Waals surface area contributed by atoms with E-state index in [1.807, 2.05) is 18.2 Å². The van der Waals surface area contributed by atoms with E-state index in [1.165, 1.54) is 0 Å². The van der Waals surface area contributed by atoms with E-state index in [9.17, 15) is 14.4 Å². The van der Waals surface area contributed by atoms with E-state index in [1.54, 1.807) is 30.5 Å². The Morgan fingerprint density at radius 3 is 2.54 bits per heavy atom. The summed E-state index contributed by atoms with van der Waals surface area (Å²) in [6.07, 6.45) is 1.79. The predicted octanol–water partition coefficient (Wildman–Crippen LogP) is 0.929. The predicted molar refractivity (Wildman–Crippen MR) is 95.3 cm³/mol.